The summed E-state index contributed by atoms with van der Waals surface area (Å²) in [6, 6.07) is 6.23. The number of benzene rings is 1. The molecule has 0 bridgehead atoms. The van der Waals surface area contributed by atoms with Crippen molar-refractivity contribution in [2.24, 2.45) is 0 Å². The number of phenols is 1. The van der Waals surface area contributed by atoms with Crippen molar-refractivity contribution in [3.63, 3.8) is 0 Å². The molecule has 0 radical (unpaired) electrons. The molecule has 1 aliphatic rings. The molecule has 2 rings (SSSR count). The summed E-state index contributed by atoms with van der Waals surface area (Å²) in [5.41, 5.74) is -1.70. The highest BCUT2D eigenvalue weighted by Gasteiger charge is 2.52. The Morgan fingerprint density at radius 2 is 1.76 bits per heavy atom. The van der Waals surface area contributed by atoms with Gasteiger partial charge in [0.25, 0.3) is 0 Å². The van der Waals surface area contributed by atoms with Crippen molar-refractivity contribution in [2.45, 2.75) is 9.93 Å². The molecule has 2 nitrogen and oxygen atoms in total. The van der Waals surface area contributed by atoms with Gasteiger partial charge in [-0.15, -0.1) is 0 Å². The third kappa shape index (κ3) is 1.85. The Morgan fingerprint density at radius 3 is 2.35 bits per heavy atom. The topological polar surface area (TPSA) is 40.5 Å². The fourth-order valence-electron chi connectivity index (χ4n) is 1.74. The van der Waals surface area contributed by atoms with E-state index < -0.39 is 9.93 Å². The Morgan fingerprint density at radius 1 is 1.12 bits per heavy atom. The van der Waals surface area contributed by atoms with Crippen LogP contribution in [-0.2, 0) is 5.60 Å². The van der Waals surface area contributed by atoms with Crippen molar-refractivity contribution in [1.29, 1.82) is 0 Å². The maximum Gasteiger partial charge on any atom is 0.174 e. The molecule has 0 aromatic heterocycles. The van der Waals surface area contributed by atoms with Crippen LogP contribution in [0.25, 0.3) is 0 Å². The van der Waals surface area contributed by atoms with Crippen LogP contribution in [0.15, 0.2) is 47.5 Å². The number of aromatic hydroxyl groups is 1. The lowest BCUT2D eigenvalue weighted by Crippen LogP contribution is -2.44. The maximum atomic E-state index is 10.6. The van der Waals surface area contributed by atoms with Gasteiger partial charge in [-0.3, -0.25) is 0 Å². The lowest BCUT2D eigenvalue weighted by Gasteiger charge is -2.39. The van der Waals surface area contributed by atoms with Gasteiger partial charge in [0.2, 0.25) is 0 Å². The second-order valence-corrected chi connectivity index (χ2v) is 5.52. The number of para-hydroxylation sites is 1. The van der Waals surface area contributed by atoms with E-state index in [1.807, 2.05) is 0 Å². The highest BCUT2D eigenvalue weighted by Crippen LogP contribution is 2.52. The van der Waals surface area contributed by atoms with E-state index in [4.69, 9.17) is 34.8 Å². The van der Waals surface area contributed by atoms with Crippen LogP contribution < -0.4 is 0 Å². The van der Waals surface area contributed by atoms with E-state index in [9.17, 15) is 10.2 Å². The molecule has 17 heavy (non-hydrogen) atoms. The van der Waals surface area contributed by atoms with Gasteiger partial charge in [-0.2, -0.15) is 0 Å². The number of hydrogen-bond acceptors (Lipinski definition) is 2. The van der Waals surface area contributed by atoms with Gasteiger partial charge >= 0.3 is 0 Å². The first-order chi connectivity index (χ1) is 7.89. The molecular formula is C12H9Cl3O2. The Hall–Kier alpha value is -0.670. The first kappa shape index (κ1) is 12.8. The summed E-state index contributed by atoms with van der Waals surface area (Å²) in [5.74, 6) is -0.123. The second-order valence-electron chi connectivity index (χ2n) is 3.72. The molecule has 5 heteroatoms. The molecule has 2 N–H and O–H groups in total. The Bertz CT molecular complexity index is 508. The molecule has 0 spiro atoms. The van der Waals surface area contributed by atoms with Gasteiger partial charge in [-0.05, 0) is 18.2 Å². The van der Waals surface area contributed by atoms with Crippen LogP contribution in [0, 0.1) is 0 Å². The van der Waals surface area contributed by atoms with E-state index in [0.29, 0.717) is 0 Å². The number of alkyl halides is 2. The van der Waals surface area contributed by atoms with Crippen LogP contribution in [0.3, 0.4) is 0 Å². The van der Waals surface area contributed by atoms with Gasteiger partial charge in [0.05, 0.1) is 5.03 Å². The first-order valence-electron chi connectivity index (χ1n) is 4.84. The van der Waals surface area contributed by atoms with Crippen molar-refractivity contribution in [2.75, 3.05) is 0 Å². The van der Waals surface area contributed by atoms with Gasteiger partial charge in [0.1, 0.15) is 5.75 Å². The van der Waals surface area contributed by atoms with Gasteiger partial charge < -0.3 is 10.2 Å². The van der Waals surface area contributed by atoms with E-state index in [2.05, 4.69) is 0 Å². The summed E-state index contributed by atoms with van der Waals surface area (Å²) in [5, 5.41) is 20.5. The largest absolute Gasteiger partial charge is 0.508 e. The van der Waals surface area contributed by atoms with Crippen molar-refractivity contribution in [3.8, 4) is 5.75 Å². The number of halogens is 3. The minimum absolute atomic E-state index is 0.0477. The normalized spacial score (nSPS) is 26.7. The standard InChI is InChI=1S/C12H9Cl3O2/c13-10-6-3-7-11(14,15)12(10,17)8-4-1-2-5-9(8)16/h1-7,16-17H. The predicted octanol–water partition coefficient (Wildman–Crippen LogP) is 3.45. The maximum absolute atomic E-state index is 10.6. The molecular weight excluding hydrogens is 282 g/mol. The molecule has 0 fully saturated rings. The highest BCUT2D eigenvalue weighted by atomic mass is 35.5. The molecule has 1 aromatic carbocycles. The van der Waals surface area contributed by atoms with Crippen molar-refractivity contribution in [3.05, 3.63) is 53.1 Å². The highest BCUT2D eigenvalue weighted by molar-refractivity contribution is 6.52. The minimum Gasteiger partial charge on any atom is -0.508 e. The van der Waals surface area contributed by atoms with Crippen LogP contribution in [-0.4, -0.2) is 14.5 Å². The summed E-state index contributed by atoms with van der Waals surface area (Å²) in [6.45, 7) is 0. The first-order valence-corrected chi connectivity index (χ1v) is 5.97. The fourth-order valence-corrected chi connectivity index (χ4v) is 2.71. The van der Waals surface area contributed by atoms with E-state index in [0.717, 1.165) is 0 Å². The van der Waals surface area contributed by atoms with E-state index in [-0.39, 0.29) is 16.3 Å². The van der Waals surface area contributed by atoms with Gasteiger partial charge in [0.15, 0.2) is 9.93 Å². The van der Waals surface area contributed by atoms with E-state index >= 15 is 0 Å². The fraction of sp³-hybridized carbons (Fsp3) is 0.167. The second kappa shape index (κ2) is 4.21. The third-order valence-corrected chi connectivity index (χ3v) is 3.87. The summed E-state index contributed by atoms with van der Waals surface area (Å²) in [4.78, 5) is 0. The molecule has 0 heterocycles. The molecule has 0 saturated carbocycles. The summed E-state index contributed by atoms with van der Waals surface area (Å²) < 4.78 is -1.64. The Kier molecular flexibility index (Phi) is 3.17. The van der Waals surface area contributed by atoms with Gasteiger partial charge in [0, 0.05) is 5.56 Å². The lowest BCUT2D eigenvalue weighted by atomic mass is 9.85. The molecule has 1 aliphatic carbocycles. The van der Waals surface area contributed by atoms with Crippen molar-refractivity contribution < 1.29 is 10.2 Å². The average Bonchev–Trinajstić information content (AvgIpc) is 2.26. The lowest BCUT2D eigenvalue weighted by molar-refractivity contribution is 0.0751. The minimum atomic E-state index is -1.86. The molecule has 90 valence electrons. The van der Waals surface area contributed by atoms with Crippen LogP contribution in [0.4, 0.5) is 0 Å². The van der Waals surface area contributed by atoms with Crippen LogP contribution >= 0.6 is 34.8 Å². The smallest absolute Gasteiger partial charge is 0.174 e. The third-order valence-electron chi connectivity index (χ3n) is 2.67. The molecule has 0 aliphatic heterocycles. The Balaban J connectivity index is 2.67. The zero-order valence-electron chi connectivity index (χ0n) is 8.57. The SMILES string of the molecule is Oc1ccccc1C1(O)C(Cl)=CC=CC1(Cl)Cl. The molecule has 1 unspecified atom stereocenters. The zero-order chi connectivity index (χ0) is 12.7. The number of phenolic OH excluding ortho intramolecular Hbond substituents is 1. The quantitative estimate of drug-likeness (QED) is 0.778. The summed E-state index contributed by atoms with van der Waals surface area (Å²) in [7, 11) is 0. The van der Waals surface area contributed by atoms with Crippen LogP contribution in [0.5, 0.6) is 5.75 Å². The number of rotatable bonds is 1. The summed E-state index contributed by atoms with van der Waals surface area (Å²) in [6.07, 6.45) is 4.45. The zero-order valence-corrected chi connectivity index (χ0v) is 10.8. The monoisotopic (exact) mass is 290 g/mol. The van der Waals surface area contributed by atoms with E-state index in [1.165, 1.54) is 24.3 Å². The molecule has 0 amide bonds. The number of aliphatic hydroxyl groups is 1. The van der Waals surface area contributed by atoms with Gasteiger partial charge in [-0.25, -0.2) is 0 Å². The van der Waals surface area contributed by atoms with Crippen LogP contribution in [0.1, 0.15) is 5.56 Å². The van der Waals surface area contributed by atoms with Crippen LogP contribution in [0.2, 0.25) is 0 Å². The van der Waals surface area contributed by atoms with Crippen molar-refractivity contribution in [1.82, 2.24) is 0 Å². The molecule has 1 atom stereocenters. The van der Waals surface area contributed by atoms with Crippen molar-refractivity contribution >= 4 is 34.8 Å². The van der Waals surface area contributed by atoms with E-state index in [1.54, 1.807) is 18.2 Å². The molecule has 0 saturated heterocycles. The molecule has 1 aromatic rings. The average molecular weight is 292 g/mol. The Labute approximate surface area is 114 Å². The number of allylic oxidation sites excluding steroid dienone is 2. The predicted molar refractivity (Wildman–Crippen MR) is 69.5 cm³/mol. The summed E-state index contributed by atoms with van der Waals surface area (Å²) >= 11 is 18.1. The van der Waals surface area contributed by atoms with Gasteiger partial charge in [-0.1, -0.05) is 59.1 Å². The number of hydrogen-bond donors (Lipinski definition) is 2.